The lowest BCUT2D eigenvalue weighted by Crippen LogP contribution is -1.98. The minimum Gasteiger partial charge on any atom is -0.481 e. The summed E-state index contributed by atoms with van der Waals surface area (Å²) in [4.78, 5) is 10.4. The molecule has 0 atom stereocenters. The minimum atomic E-state index is -0.784. The molecule has 0 saturated heterocycles. The van der Waals surface area contributed by atoms with Crippen LogP contribution in [0.5, 0.6) is 0 Å². The maximum absolute atomic E-state index is 10.4. The van der Waals surface area contributed by atoms with Crippen molar-refractivity contribution in [3.05, 3.63) is 33.8 Å². The summed E-state index contributed by atoms with van der Waals surface area (Å²) in [6.07, 6.45) is 0.672. The van der Waals surface area contributed by atoms with E-state index in [4.69, 9.17) is 16.7 Å². The molecule has 1 aromatic carbocycles. The molecule has 14 heavy (non-hydrogen) atoms. The maximum atomic E-state index is 10.4. The number of alkyl halides is 1. The lowest BCUT2D eigenvalue weighted by Gasteiger charge is -2.04. The average Bonchev–Trinajstić information content (AvgIpc) is 2.16. The molecule has 0 amide bonds. The second-order valence-corrected chi connectivity index (χ2v) is 4.07. The predicted molar refractivity (Wildman–Crippen MR) is 59.7 cm³/mol. The second-order valence-electron chi connectivity index (χ2n) is 2.95. The number of carboxylic acid groups (broad SMARTS) is 1. The van der Waals surface area contributed by atoms with E-state index >= 15 is 0 Å². The van der Waals surface area contributed by atoms with Crippen molar-refractivity contribution in [2.75, 3.05) is 0 Å². The van der Waals surface area contributed by atoms with E-state index in [1.165, 1.54) is 0 Å². The molecule has 0 aliphatic carbocycles. The molecule has 0 aliphatic heterocycles. The average molecular weight is 278 g/mol. The Hall–Kier alpha value is -0.540. The van der Waals surface area contributed by atoms with Gasteiger partial charge in [-0.15, -0.1) is 11.6 Å². The molecule has 1 N–H and O–H groups in total. The van der Waals surface area contributed by atoms with Crippen molar-refractivity contribution in [2.45, 2.75) is 18.7 Å². The van der Waals surface area contributed by atoms with Gasteiger partial charge in [-0.1, -0.05) is 28.1 Å². The van der Waals surface area contributed by atoms with Gasteiger partial charge in [0.05, 0.1) is 0 Å². The number of hydrogen-bond donors (Lipinski definition) is 1. The monoisotopic (exact) mass is 276 g/mol. The zero-order valence-electron chi connectivity index (χ0n) is 7.46. The Balaban J connectivity index is 2.78. The van der Waals surface area contributed by atoms with E-state index < -0.39 is 5.97 Å². The number of carboxylic acids is 1. The Kier molecular flexibility index (Phi) is 4.42. The number of carbonyl (C=O) groups is 1. The number of aryl methyl sites for hydroxylation is 1. The Bertz CT molecular complexity index is 339. The van der Waals surface area contributed by atoms with Crippen molar-refractivity contribution in [3.63, 3.8) is 0 Å². The van der Waals surface area contributed by atoms with E-state index in [1.54, 1.807) is 0 Å². The van der Waals surface area contributed by atoms with Crippen molar-refractivity contribution < 1.29 is 9.90 Å². The van der Waals surface area contributed by atoms with Crippen LogP contribution in [0, 0.1) is 0 Å². The van der Waals surface area contributed by atoms with Gasteiger partial charge in [0.2, 0.25) is 0 Å². The smallest absolute Gasteiger partial charge is 0.303 e. The summed E-state index contributed by atoms with van der Waals surface area (Å²) < 4.78 is 0.938. The van der Waals surface area contributed by atoms with Crippen molar-refractivity contribution in [3.8, 4) is 0 Å². The summed E-state index contributed by atoms with van der Waals surface area (Å²) in [6, 6.07) is 5.75. The van der Waals surface area contributed by atoms with Crippen LogP contribution in [0.2, 0.25) is 0 Å². The molecule has 0 aliphatic rings. The van der Waals surface area contributed by atoms with Gasteiger partial charge in [0.1, 0.15) is 0 Å². The van der Waals surface area contributed by atoms with Gasteiger partial charge in [-0.3, -0.25) is 4.79 Å². The number of benzene rings is 1. The number of aliphatic carboxylic acids is 1. The van der Waals surface area contributed by atoms with Gasteiger partial charge in [-0.05, 0) is 23.6 Å². The molecule has 1 rings (SSSR count). The third-order valence-electron chi connectivity index (χ3n) is 1.87. The van der Waals surface area contributed by atoms with Gasteiger partial charge in [0.25, 0.3) is 0 Å². The quantitative estimate of drug-likeness (QED) is 0.858. The van der Waals surface area contributed by atoms with Crippen LogP contribution in [0.1, 0.15) is 17.5 Å². The van der Waals surface area contributed by atoms with Crippen LogP contribution in [0.15, 0.2) is 22.7 Å². The van der Waals surface area contributed by atoms with E-state index in [-0.39, 0.29) is 6.42 Å². The van der Waals surface area contributed by atoms with Crippen molar-refractivity contribution in [2.24, 2.45) is 0 Å². The SMILES string of the molecule is O=C(O)CCc1cc(CCl)ccc1Br. The van der Waals surface area contributed by atoms with E-state index in [0.717, 1.165) is 15.6 Å². The fourth-order valence-corrected chi connectivity index (χ4v) is 1.76. The fraction of sp³-hybridized carbons (Fsp3) is 0.300. The first-order valence-electron chi connectivity index (χ1n) is 4.18. The number of halogens is 2. The Morgan fingerprint density at radius 2 is 2.21 bits per heavy atom. The summed E-state index contributed by atoms with van der Waals surface area (Å²) in [7, 11) is 0. The molecule has 0 fully saturated rings. The van der Waals surface area contributed by atoms with Gasteiger partial charge < -0.3 is 5.11 Å². The molecule has 0 heterocycles. The van der Waals surface area contributed by atoms with Gasteiger partial charge >= 0.3 is 5.97 Å². The highest BCUT2D eigenvalue weighted by atomic mass is 79.9. The van der Waals surface area contributed by atoms with E-state index in [2.05, 4.69) is 15.9 Å². The first kappa shape index (κ1) is 11.5. The van der Waals surface area contributed by atoms with Crippen molar-refractivity contribution in [1.82, 2.24) is 0 Å². The molecule has 0 spiro atoms. The molecule has 1 aromatic rings. The highest BCUT2D eigenvalue weighted by Crippen LogP contribution is 2.20. The molecule has 0 radical (unpaired) electrons. The van der Waals surface area contributed by atoms with Gasteiger partial charge in [-0.2, -0.15) is 0 Å². The summed E-state index contributed by atoms with van der Waals surface area (Å²) in [5.74, 6) is -0.332. The Morgan fingerprint density at radius 1 is 1.50 bits per heavy atom. The van der Waals surface area contributed by atoms with Crippen LogP contribution >= 0.6 is 27.5 Å². The summed E-state index contributed by atoms with van der Waals surface area (Å²) in [5.41, 5.74) is 2.00. The largest absolute Gasteiger partial charge is 0.481 e. The minimum absolute atomic E-state index is 0.143. The Labute approximate surface area is 96.0 Å². The van der Waals surface area contributed by atoms with Crippen molar-refractivity contribution >= 4 is 33.5 Å². The standard InChI is InChI=1S/C10H10BrClO2/c11-9-3-1-7(6-12)5-8(9)2-4-10(13)14/h1,3,5H,2,4,6H2,(H,13,14). The van der Waals surface area contributed by atoms with Crippen LogP contribution in [-0.2, 0) is 17.1 Å². The molecule has 2 nitrogen and oxygen atoms in total. The third kappa shape index (κ3) is 3.31. The first-order chi connectivity index (χ1) is 6.63. The number of rotatable bonds is 4. The van der Waals surface area contributed by atoms with Crippen LogP contribution in [0.3, 0.4) is 0 Å². The van der Waals surface area contributed by atoms with E-state index in [0.29, 0.717) is 12.3 Å². The van der Waals surface area contributed by atoms with Crippen LogP contribution in [-0.4, -0.2) is 11.1 Å². The molecule has 0 saturated carbocycles. The lowest BCUT2D eigenvalue weighted by molar-refractivity contribution is -0.136. The highest BCUT2D eigenvalue weighted by Gasteiger charge is 2.04. The predicted octanol–water partition coefficient (Wildman–Crippen LogP) is 3.21. The van der Waals surface area contributed by atoms with Crippen molar-refractivity contribution in [1.29, 1.82) is 0 Å². The van der Waals surface area contributed by atoms with E-state index in [9.17, 15) is 4.79 Å². The first-order valence-corrected chi connectivity index (χ1v) is 5.51. The van der Waals surface area contributed by atoms with E-state index in [1.807, 2.05) is 18.2 Å². The molecule has 76 valence electrons. The highest BCUT2D eigenvalue weighted by molar-refractivity contribution is 9.10. The topological polar surface area (TPSA) is 37.3 Å². The molecule has 0 bridgehead atoms. The van der Waals surface area contributed by atoms with Crippen LogP contribution in [0.25, 0.3) is 0 Å². The Morgan fingerprint density at radius 3 is 2.79 bits per heavy atom. The summed E-state index contributed by atoms with van der Waals surface area (Å²) >= 11 is 9.06. The molecular weight excluding hydrogens is 267 g/mol. The lowest BCUT2D eigenvalue weighted by atomic mass is 10.1. The number of hydrogen-bond acceptors (Lipinski definition) is 1. The van der Waals surface area contributed by atoms with Crippen LogP contribution in [0.4, 0.5) is 0 Å². The molecule has 4 heteroatoms. The van der Waals surface area contributed by atoms with Crippen LogP contribution < -0.4 is 0 Å². The van der Waals surface area contributed by atoms with Gasteiger partial charge in [0, 0.05) is 16.8 Å². The summed E-state index contributed by atoms with van der Waals surface area (Å²) in [6.45, 7) is 0. The van der Waals surface area contributed by atoms with Gasteiger partial charge in [-0.25, -0.2) is 0 Å². The molecule has 0 aromatic heterocycles. The third-order valence-corrected chi connectivity index (χ3v) is 2.95. The summed E-state index contributed by atoms with van der Waals surface area (Å²) in [5, 5.41) is 8.55. The molecular formula is C10H10BrClO2. The maximum Gasteiger partial charge on any atom is 0.303 e. The zero-order chi connectivity index (χ0) is 10.6. The normalized spacial score (nSPS) is 10.1. The van der Waals surface area contributed by atoms with Gasteiger partial charge in [0.15, 0.2) is 0 Å². The fourth-order valence-electron chi connectivity index (χ4n) is 1.14. The molecule has 0 unspecified atom stereocenters. The second kappa shape index (κ2) is 5.37. The zero-order valence-corrected chi connectivity index (χ0v) is 9.81.